The maximum Gasteiger partial charge on any atom is 0.243 e. The topological polar surface area (TPSA) is 80.5 Å². The van der Waals surface area contributed by atoms with Crippen molar-refractivity contribution in [1.82, 2.24) is 4.31 Å². The van der Waals surface area contributed by atoms with Crippen LogP contribution in [0.15, 0.2) is 23.1 Å². The third kappa shape index (κ3) is 3.84. The van der Waals surface area contributed by atoms with Gasteiger partial charge in [0.05, 0.1) is 4.90 Å². The highest BCUT2D eigenvalue weighted by Crippen LogP contribution is 2.25. The van der Waals surface area contributed by atoms with Crippen LogP contribution >= 0.6 is 0 Å². The Morgan fingerprint density at radius 3 is 2.73 bits per heavy atom. The molecule has 1 atom stereocenters. The zero-order valence-corrected chi connectivity index (χ0v) is 13.4. The van der Waals surface area contributed by atoms with Crippen LogP contribution in [0.4, 0.5) is 4.39 Å². The smallest absolute Gasteiger partial charge is 0.243 e. The Morgan fingerprint density at radius 2 is 2.09 bits per heavy atom. The van der Waals surface area contributed by atoms with Gasteiger partial charge in [0.25, 0.3) is 0 Å². The van der Waals surface area contributed by atoms with Crippen molar-refractivity contribution in [1.29, 1.82) is 0 Å². The van der Waals surface area contributed by atoms with Gasteiger partial charge in [0, 0.05) is 19.5 Å². The molecule has 2 N–H and O–H groups in total. The first-order valence-corrected chi connectivity index (χ1v) is 8.79. The van der Waals surface area contributed by atoms with Gasteiger partial charge in [-0.2, -0.15) is 4.31 Å². The zero-order valence-electron chi connectivity index (χ0n) is 12.6. The van der Waals surface area contributed by atoms with E-state index in [9.17, 15) is 17.6 Å². The standard InChI is InChI=1S/C15H21FN2O3S/c1-11-9-13(4-5-14(11)16)22(20,21)18-7-2-3-12(6-8-18)10-15(17)19/h4-5,9,12H,2-3,6-8,10H2,1H3,(H2,17,19)/t12-/m1/s1. The molecule has 0 spiro atoms. The molecule has 1 aromatic rings. The third-order valence-corrected chi connectivity index (χ3v) is 5.96. The summed E-state index contributed by atoms with van der Waals surface area (Å²) in [7, 11) is -3.63. The number of primary amides is 1. The molecule has 22 heavy (non-hydrogen) atoms. The molecule has 1 aliphatic rings. The highest BCUT2D eigenvalue weighted by atomic mass is 32.2. The average molecular weight is 328 g/mol. The van der Waals surface area contributed by atoms with Gasteiger partial charge in [0.2, 0.25) is 15.9 Å². The number of halogens is 1. The number of hydrogen-bond acceptors (Lipinski definition) is 3. The molecule has 1 aliphatic heterocycles. The first-order valence-electron chi connectivity index (χ1n) is 7.35. The van der Waals surface area contributed by atoms with E-state index in [1.54, 1.807) is 6.92 Å². The van der Waals surface area contributed by atoms with E-state index < -0.39 is 15.8 Å². The number of carbonyl (C=O) groups is 1. The van der Waals surface area contributed by atoms with Gasteiger partial charge in [0.1, 0.15) is 5.82 Å². The molecule has 2 rings (SSSR count). The van der Waals surface area contributed by atoms with Crippen molar-refractivity contribution in [2.75, 3.05) is 13.1 Å². The third-order valence-electron chi connectivity index (χ3n) is 4.06. The molecule has 1 amide bonds. The summed E-state index contributed by atoms with van der Waals surface area (Å²) in [6.45, 7) is 2.31. The predicted molar refractivity (Wildman–Crippen MR) is 81.0 cm³/mol. The number of benzene rings is 1. The Bertz CT molecular complexity index is 661. The highest BCUT2D eigenvalue weighted by Gasteiger charge is 2.28. The van der Waals surface area contributed by atoms with Gasteiger partial charge in [-0.25, -0.2) is 12.8 Å². The molecule has 0 radical (unpaired) electrons. The molecule has 1 aromatic carbocycles. The fourth-order valence-electron chi connectivity index (χ4n) is 2.79. The summed E-state index contributed by atoms with van der Waals surface area (Å²) in [5, 5.41) is 0. The number of aryl methyl sites for hydroxylation is 1. The lowest BCUT2D eigenvalue weighted by Crippen LogP contribution is -2.32. The normalized spacial score (nSPS) is 20.5. The van der Waals surface area contributed by atoms with Gasteiger partial charge in [-0.15, -0.1) is 0 Å². The Morgan fingerprint density at radius 1 is 1.36 bits per heavy atom. The molecule has 0 unspecified atom stereocenters. The van der Waals surface area contributed by atoms with Crippen molar-refractivity contribution in [2.45, 2.75) is 37.5 Å². The van der Waals surface area contributed by atoms with Crippen LogP contribution in [-0.4, -0.2) is 31.7 Å². The summed E-state index contributed by atoms with van der Waals surface area (Å²) in [6, 6.07) is 3.83. The molecule has 122 valence electrons. The van der Waals surface area contributed by atoms with Crippen molar-refractivity contribution in [3.8, 4) is 0 Å². The Balaban J connectivity index is 2.15. The summed E-state index contributed by atoms with van der Waals surface area (Å²) >= 11 is 0. The maximum atomic E-state index is 13.3. The molecule has 7 heteroatoms. The van der Waals surface area contributed by atoms with E-state index in [1.165, 1.54) is 22.5 Å². The van der Waals surface area contributed by atoms with E-state index in [1.807, 2.05) is 0 Å². The van der Waals surface area contributed by atoms with Gasteiger partial charge in [-0.1, -0.05) is 0 Å². The minimum atomic E-state index is -3.63. The van der Waals surface area contributed by atoms with E-state index in [0.29, 0.717) is 37.9 Å². The second-order valence-corrected chi connectivity index (χ2v) is 7.72. The Labute approximate surface area is 130 Å². The largest absolute Gasteiger partial charge is 0.370 e. The van der Waals surface area contributed by atoms with Gasteiger partial charge in [0.15, 0.2) is 0 Å². The number of amides is 1. The summed E-state index contributed by atoms with van der Waals surface area (Å²) < 4.78 is 40.0. The molecule has 1 heterocycles. The number of sulfonamides is 1. The van der Waals surface area contributed by atoms with E-state index in [-0.39, 0.29) is 16.7 Å². The van der Waals surface area contributed by atoms with Crippen molar-refractivity contribution >= 4 is 15.9 Å². The van der Waals surface area contributed by atoms with E-state index >= 15 is 0 Å². The molecule has 0 saturated carbocycles. The van der Waals surface area contributed by atoms with Gasteiger partial charge >= 0.3 is 0 Å². The van der Waals surface area contributed by atoms with Crippen molar-refractivity contribution in [3.63, 3.8) is 0 Å². The molecule has 1 saturated heterocycles. The molecule has 0 aliphatic carbocycles. The maximum absolute atomic E-state index is 13.3. The fourth-order valence-corrected chi connectivity index (χ4v) is 4.37. The summed E-state index contributed by atoms with van der Waals surface area (Å²) in [5.41, 5.74) is 5.52. The van der Waals surface area contributed by atoms with Gasteiger partial charge < -0.3 is 5.73 Å². The van der Waals surface area contributed by atoms with Crippen molar-refractivity contribution in [3.05, 3.63) is 29.6 Å². The van der Waals surface area contributed by atoms with Crippen LogP contribution in [0.2, 0.25) is 0 Å². The molecule has 1 fully saturated rings. The fraction of sp³-hybridized carbons (Fsp3) is 0.533. The minimum Gasteiger partial charge on any atom is -0.370 e. The van der Waals surface area contributed by atoms with Crippen LogP contribution in [0.3, 0.4) is 0 Å². The van der Waals surface area contributed by atoms with Gasteiger partial charge in [-0.05, 0) is 55.9 Å². The second-order valence-electron chi connectivity index (χ2n) is 5.78. The summed E-state index contributed by atoms with van der Waals surface area (Å²) in [5.74, 6) is -0.639. The molecule has 0 aromatic heterocycles. The van der Waals surface area contributed by atoms with Gasteiger partial charge in [-0.3, -0.25) is 4.79 Å². The number of carbonyl (C=O) groups excluding carboxylic acids is 1. The van der Waals surface area contributed by atoms with Crippen LogP contribution in [0, 0.1) is 18.7 Å². The van der Waals surface area contributed by atoms with E-state index in [4.69, 9.17) is 5.73 Å². The van der Waals surface area contributed by atoms with E-state index in [2.05, 4.69) is 0 Å². The quantitative estimate of drug-likeness (QED) is 0.915. The van der Waals surface area contributed by atoms with Crippen LogP contribution in [-0.2, 0) is 14.8 Å². The van der Waals surface area contributed by atoms with Crippen LogP contribution in [0.5, 0.6) is 0 Å². The number of nitrogens with zero attached hydrogens (tertiary/aromatic N) is 1. The van der Waals surface area contributed by atoms with Crippen LogP contribution < -0.4 is 5.73 Å². The number of nitrogens with two attached hydrogens (primary N) is 1. The average Bonchev–Trinajstić information content (AvgIpc) is 2.67. The molecular formula is C15H21FN2O3S. The lowest BCUT2D eigenvalue weighted by molar-refractivity contribution is -0.119. The van der Waals surface area contributed by atoms with Crippen LogP contribution in [0.1, 0.15) is 31.2 Å². The number of rotatable bonds is 4. The first-order chi connectivity index (χ1) is 10.3. The van der Waals surface area contributed by atoms with Crippen molar-refractivity contribution in [2.24, 2.45) is 11.7 Å². The Kier molecular flexibility index (Phi) is 5.18. The van der Waals surface area contributed by atoms with Crippen LogP contribution in [0.25, 0.3) is 0 Å². The minimum absolute atomic E-state index is 0.111. The Hall–Kier alpha value is -1.47. The monoisotopic (exact) mass is 328 g/mol. The lowest BCUT2D eigenvalue weighted by atomic mass is 9.97. The second kappa shape index (κ2) is 6.75. The summed E-state index contributed by atoms with van der Waals surface area (Å²) in [6.07, 6.45) is 2.39. The first kappa shape index (κ1) is 16.9. The molecular weight excluding hydrogens is 307 g/mol. The predicted octanol–water partition coefficient (Wildman–Crippen LogP) is 1.80. The SMILES string of the molecule is Cc1cc(S(=O)(=O)N2CCC[C@@H](CC(N)=O)CC2)ccc1F. The molecule has 5 nitrogen and oxygen atoms in total. The number of hydrogen-bond donors (Lipinski definition) is 1. The zero-order chi connectivity index (χ0) is 16.3. The highest BCUT2D eigenvalue weighted by molar-refractivity contribution is 7.89. The van der Waals surface area contributed by atoms with Crippen molar-refractivity contribution < 1.29 is 17.6 Å². The molecule has 0 bridgehead atoms. The summed E-state index contributed by atoms with van der Waals surface area (Å²) in [4.78, 5) is 11.1. The van der Waals surface area contributed by atoms with E-state index in [0.717, 1.165) is 6.42 Å². The lowest BCUT2D eigenvalue weighted by Gasteiger charge is -2.20.